The van der Waals surface area contributed by atoms with Gasteiger partial charge in [0.25, 0.3) is 0 Å². The van der Waals surface area contributed by atoms with Crippen LogP contribution in [-0.4, -0.2) is 4.98 Å². The molecule has 0 spiro atoms. The van der Waals surface area contributed by atoms with E-state index in [-0.39, 0.29) is 0 Å². The Hall–Kier alpha value is -6.33. The monoisotopic (exact) mass is 594 g/mol. The second-order valence-corrected chi connectivity index (χ2v) is 11.2. The van der Waals surface area contributed by atoms with Gasteiger partial charge in [0.1, 0.15) is 23.0 Å². The number of para-hydroxylation sites is 4. The van der Waals surface area contributed by atoms with E-state index in [1.165, 1.54) is 0 Å². The van der Waals surface area contributed by atoms with E-state index in [2.05, 4.69) is 77.7 Å². The van der Waals surface area contributed by atoms with Gasteiger partial charge in [-0.25, -0.2) is 4.98 Å². The molecule has 0 atom stereocenters. The first-order valence-corrected chi connectivity index (χ1v) is 15.2. The summed E-state index contributed by atoms with van der Waals surface area (Å²) >= 11 is 0. The molecule has 0 bridgehead atoms. The number of pyridine rings is 1. The number of aromatic nitrogens is 1. The smallest absolute Gasteiger partial charge is 0.181 e. The molecule has 0 fully saturated rings. The highest BCUT2D eigenvalue weighted by molar-refractivity contribution is 5.89. The summed E-state index contributed by atoms with van der Waals surface area (Å²) in [5.74, 6) is 5.11. The average molecular weight is 595 g/mol. The minimum atomic E-state index is 0.691. The maximum absolute atomic E-state index is 6.92. The third kappa shape index (κ3) is 4.37. The van der Waals surface area contributed by atoms with Gasteiger partial charge in [-0.1, -0.05) is 84.9 Å². The Kier molecular flexibility index (Phi) is 6.06. The van der Waals surface area contributed by atoms with Crippen LogP contribution >= 0.6 is 0 Å². The minimum Gasteiger partial charge on any atom is -0.456 e. The number of rotatable bonds is 2. The lowest BCUT2D eigenvalue weighted by Crippen LogP contribution is -2.17. The molecule has 5 heteroatoms. The van der Waals surface area contributed by atoms with Gasteiger partial charge >= 0.3 is 0 Å². The van der Waals surface area contributed by atoms with Gasteiger partial charge in [0.05, 0.1) is 11.4 Å². The highest BCUT2D eigenvalue weighted by Crippen LogP contribution is 2.52. The van der Waals surface area contributed by atoms with Crippen LogP contribution in [0.4, 0.5) is 17.2 Å². The second kappa shape index (κ2) is 10.7. The summed E-state index contributed by atoms with van der Waals surface area (Å²) < 4.78 is 20.0. The summed E-state index contributed by atoms with van der Waals surface area (Å²) in [6.45, 7) is 0. The Morgan fingerprint density at radius 2 is 0.957 bits per heavy atom. The zero-order valence-electron chi connectivity index (χ0n) is 24.6. The molecule has 0 amide bonds. The average Bonchev–Trinajstić information content (AvgIpc) is 3.11. The minimum absolute atomic E-state index is 0.691. The SMILES string of the molecule is c1ccc(-c2ccc3c(c2)Oc2ccccc2-c2ccccc2Oc2cc(N4c5ccccc5Oc5cccnc54)ccc2-3)cc1. The number of nitrogens with zero attached hydrogens (tertiary/aromatic N) is 2. The Morgan fingerprint density at radius 3 is 1.72 bits per heavy atom. The van der Waals surface area contributed by atoms with Crippen molar-refractivity contribution in [1.82, 2.24) is 4.98 Å². The second-order valence-electron chi connectivity index (χ2n) is 11.2. The molecule has 5 nitrogen and oxygen atoms in total. The predicted octanol–water partition coefficient (Wildman–Crippen LogP) is 11.6. The molecular weight excluding hydrogens is 568 g/mol. The number of ether oxygens (including phenoxy) is 3. The fraction of sp³-hybridized carbons (Fsp3) is 0. The first-order chi connectivity index (χ1) is 22.8. The maximum atomic E-state index is 6.92. The van der Waals surface area contributed by atoms with Crippen LogP contribution in [-0.2, 0) is 0 Å². The third-order valence-electron chi connectivity index (χ3n) is 8.40. The molecule has 0 saturated carbocycles. The summed E-state index contributed by atoms with van der Waals surface area (Å²) in [4.78, 5) is 6.84. The molecule has 0 radical (unpaired) electrons. The van der Waals surface area contributed by atoms with E-state index in [4.69, 9.17) is 19.2 Å². The maximum Gasteiger partial charge on any atom is 0.181 e. The number of fused-ring (bicyclic) bond motifs is 8. The van der Waals surface area contributed by atoms with E-state index >= 15 is 0 Å². The van der Waals surface area contributed by atoms with Gasteiger partial charge in [-0.15, -0.1) is 0 Å². The normalized spacial score (nSPS) is 12.4. The van der Waals surface area contributed by atoms with Crippen LogP contribution in [0.1, 0.15) is 0 Å². The van der Waals surface area contributed by atoms with Gasteiger partial charge in [0, 0.05) is 34.5 Å². The Morgan fingerprint density at radius 1 is 0.391 bits per heavy atom. The number of benzene rings is 6. The molecule has 0 N–H and O–H groups in total. The van der Waals surface area contributed by atoms with Crippen molar-refractivity contribution in [2.24, 2.45) is 0 Å². The number of hydrogen-bond donors (Lipinski definition) is 0. The first kappa shape index (κ1) is 26.1. The lowest BCUT2D eigenvalue weighted by atomic mass is 9.97. The zero-order chi connectivity index (χ0) is 30.5. The van der Waals surface area contributed by atoms with Gasteiger partial charge in [0.2, 0.25) is 0 Å². The van der Waals surface area contributed by atoms with Crippen LogP contribution in [0.25, 0.3) is 33.4 Å². The Balaban J connectivity index is 1.28. The number of anilines is 3. The van der Waals surface area contributed by atoms with Crippen molar-refractivity contribution < 1.29 is 14.2 Å². The van der Waals surface area contributed by atoms with Crippen molar-refractivity contribution in [3.8, 4) is 67.9 Å². The molecule has 218 valence electrons. The molecule has 2 aliphatic rings. The Labute approximate surface area is 266 Å². The summed E-state index contributed by atoms with van der Waals surface area (Å²) in [6.07, 6.45) is 1.78. The lowest BCUT2D eigenvalue weighted by molar-refractivity contribution is 0.471. The quantitative estimate of drug-likeness (QED) is 0.199. The molecular formula is C41H26N2O3. The molecule has 9 rings (SSSR count). The summed E-state index contributed by atoms with van der Waals surface area (Å²) in [6, 6.07) is 51.0. The van der Waals surface area contributed by atoms with Crippen LogP contribution in [0.5, 0.6) is 34.5 Å². The van der Waals surface area contributed by atoms with E-state index in [0.29, 0.717) is 17.3 Å². The van der Waals surface area contributed by atoms with Crippen molar-refractivity contribution in [3.63, 3.8) is 0 Å². The van der Waals surface area contributed by atoms with Crippen molar-refractivity contribution in [2.75, 3.05) is 4.90 Å². The largest absolute Gasteiger partial charge is 0.456 e. The van der Waals surface area contributed by atoms with Crippen molar-refractivity contribution in [2.45, 2.75) is 0 Å². The van der Waals surface area contributed by atoms with Crippen molar-refractivity contribution in [1.29, 1.82) is 0 Å². The molecule has 46 heavy (non-hydrogen) atoms. The van der Waals surface area contributed by atoms with E-state index in [9.17, 15) is 0 Å². The highest BCUT2D eigenvalue weighted by Gasteiger charge is 2.28. The van der Waals surface area contributed by atoms with E-state index in [1.54, 1.807) is 6.20 Å². The first-order valence-electron chi connectivity index (χ1n) is 15.2. The fourth-order valence-electron chi connectivity index (χ4n) is 6.24. The van der Waals surface area contributed by atoms with Crippen LogP contribution in [0.3, 0.4) is 0 Å². The molecule has 3 heterocycles. The molecule has 0 unspecified atom stereocenters. The standard InChI is InChI=1S/C41H26N2O3/c1-2-11-27(12-3-1)28-20-22-32-33-23-21-29(43-34-15-6-9-18-37(34)46-38-19-10-24-42-41(38)43)26-40(33)45-36-17-8-5-14-31(36)30-13-4-7-16-35(30)44-39(32)25-28/h1-26H. The number of hydrogen-bond acceptors (Lipinski definition) is 5. The van der Waals surface area contributed by atoms with Crippen molar-refractivity contribution in [3.05, 3.63) is 158 Å². The zero-order valence-corrected chi connectivity index (χ0v) is 24.6. The van der Waals surface area contributed by atoms with Gasteiger partial charge in [0.15, 0.2) is 17.3 Å². The topological polar surface area (TPSA) is 43.8 Å². The third-order valence-corrected chi connectivity index (χ3v) is 8.40. The van der Waals surface area contributed by atoms with Gasteiger partial charge in [-0.2, -0.15) is 0 Å². The highest BCUT2D eigenvalue weighted by atomic mass is 16.5. The van der Waals surface area contributed by atoms with Crippen LogP contribution in [0.2, 0.25) is 0 Å². The van der Waals surface area contributed by atoms with E-state index in [1.807, 2.05) is 78.9 Å². The molecule has 6 aromatic carbocycles. The van der Waals surface area contributed by atoms with Gasteiger partial charge in [-0.3, -0.25) is 4.90 Å². The fourth-order valence-corrected chi connectivity index (χ4v) is 6.24. The van der Waals surface area contributed by atoms with Crippen LogP contribution in [0.15, 0.2) is 158 Å². The molecule has 2 aliphatic heterocycles. The van der Waals surface area contributed by atoms with Gasteiger partial charge in [-0.05, 0) is 71.8 Å². The molecule has 0 saturated heterocycles. The van der Waals surface area contributed by atoms with Crippen LogP contribution in [0, 0.1) is 0 Å². The van der Waals surface area contributed by atoms with E-state index in [0.717, 1.165) is 67.8 Å². The lowest BCUT2D eigenvalue weighted by Gasteiger charge is -2.32. The van der Waals surface area contributed by atoms with E-state index < -0.39 is 0 Å². The summed E-state index contributed by atoms with van der Waals surface area (Å²) in [7, 11) is 0. The summed E-state index contributed by atoms with van der Waals surface area (Å²) in [5.41, 5.74) is 7.72. The predicted molar refractivity (Wildman–Crippen MR) is 182 cm³/mol. The van der Waals surface area contributed by atoms with Gasteiger partial charge < -0.3 is 14.2 Å². The summed E-state index contributed by atoms with van der Waals surface area (Å²) in [5, 5.41) is 0. The molecule has 1 aromatic heterocycles. The Bertz CT molecular complexity index is 2220. The van der Waals surface area contributed by atoms with Crippen molar-refractivity contribution >= 4 is 17.2 Å². The molecule has 0 aliphatic carbocycles. The van der Waals surface area contributed by atoms with Crippen LogP contribution < -0.4 is 19.1 Å². The molecule has 7 aromatic rings.